The lowest BCUT2D eigenvalue weighted by atomic mass is 9.39. The first-order valence-corrected chi connectivity index (χ1v) is 26.5. The second-order valence-corrected chi connectivity index (χ2v) is 25.5. The fourth-order valence-corrected chi connectivity index (χ4v) is 17.3. The first-order valence-electron chi connectivity index (χ1n) is 26.5. The predicted molar refractivity (Wildman–Crippen MR) is 250 cm³/mol. The molecule has 4 aliphatic heterocycles. The molecule has 0 aromatic heterocycles. The van der Waals surface area contributed by atoms with E-state index in [-0.39, 0.29) is 29.3 Å². The Labute approximate surface area is 427 Å². The molecular weight excluding hydrogens is 961 g/mol. The van der Waals surface area contributed by atoms with Crippen LogP contribution in [0.4, 0.5) is 0 Å². The molecule has 9 rings (SSSR count). The van der Waals surface area contributed by atoms with Crippen molar-refractivity contribution in [3.63, 3.8) is 0 Å². The molecule has 418 valence electrons. The number of carbonyl (C=O) groups is 2. The molecular formula is C52H84O21. The highest BCUT2D eigenvalue weighted by atomic mass is 16.7. The van der Waals surface area contributed by atoms with E-state index < -0.39 is 168 Å². The molecule has 2 spiro atoms. The molecule has 5 saturated carbocycles. The minimum atomic E-state index is -1.68. The van der Waals surface area contributed by atoms with Crippen molar-refractivity contribution in [2.24, 2.45) is 44.3 Å². The highest BCUT2D eigenvalue weighted by molar-refractivity contribution is 5.67. The molecule has 4 saturated heterocycles. The molecule has 5 aliphatic carbocycles. The number of esters is 2. The van der Waals surface area contributed by atoms with Crippen LogP contribution < -0.4 is 0 Å². The number of aliphatic hydroxyl groups excluding tert-OH is 10. The monoisotopic (exact) mass is 1040 g/mol. The van der Waals surface area contributed by atoms with Crippen molar-refractivity contribution in [3.8, 4) is 0 Å². The van der Waals surface area contributed by atoms with Gasteiger partial charge in [-0.15, -0.1) is 0 Å². The van der Waals surface area contributed by atoms with Crippen LogP contribution in [0.5, 0.6) is 0 Å². The van der Waals surface area contributed by atoms with Crippen LogP contribution in [-0.2, 0) is 52.2 Å². The topological polar surface area (TPSA) is 320 Å². The summed E-state index contributed by atoms with van der Waals surface area (Å²) >= 11 is 0. The second kappa shape index (κ2) is 19.0. The number of fused-ring (bicyclic) bond motifs is 2. The molecule has 10 N–H and O–H groups in total. The van der Waals surface area contributed by atoms with E-state index >= 15 is 0 Å². The molecule has 21 nitrogen and oxygen atoms in total. The third-order valence-electron chi connectivity index (χ3n) is 21.5. The normalized spacial score (nSPS) is 54.4. The van der Waals surface area contributed by atoms with Crippen molar-refractivity contribution < 1.29 is 103 Å². The molecule has 0 radical (unpaired) electrons. The highest BCUT2D eigenvalue weighted by Gasteiger charge is 2.87. The maximum Gasteiger partial charge on any atom is 0.303 e. The summed E-state index contributed by atoms with van der Waals surface area (Å²) in [5.41, 5.74) is -5.25. The van der Waals surface area contributed by atoms with Gasteiger partial charge in [-0.3, -0.25) is 9.59 Å². The van der Waals surface area contributed by atoms with Gasteiger partial charge in [-0.25, -0.2) is 0 Å². The van der Waals surface area contributed by atoms with E-state index in [4.69, 9.17) is 42.6 Å². The highest BCUT2D eigenvalue weighted by Crippen LogP contribution is 2.90. The Morgan fingerprint density at radius 1 is 0.671 bits per heavy atom. The standard InChI is InChI=1S/C52H84O21/c1-23(55)66-39-25(57)21-65-44(40(39)67-24(2)56)71-31-12-14-52-22-51(52)16-15-48(8)47(7,29(51)17-26(41(52)45(31,3)4)68-42-37(63)35(61)33(59)27(19-53)69-42)18-30(58)50(48,10)49(9)13-11-32(72-49)46(5,6)73-43-38(64)36(62)34(60)28(20-54)70-43/h25-44,53-54,57-64H,11-22H2,1-10H3/t25-,26+,27-,28-,29+,30?,31+,32+,33-,34-,35+,36+,37-,38-,39+,40-,41?,42-,43+,44+,47+,48+,49-,50+,51+,52-/m1/s1. The van der Waals surface area contributed by atoms with Crippen LogP contribution in [-0.4, -0.2) is 204 Å². The van der Waals surface area contributed by atoms with Crippen LogP contribution in [0.25, 0.3) is 0 Å². The molecule has 9 fully saturated rings. The van der Waals surface area contributed by atoms with Crippen molar-refractivity contribution in [3.05, 3.63) is 0 Å². The zero-order valence-corrected chi connectivity index (χ0v) is 44.0. The zero-order valence-electron chi connectivity index (χ0n) is 44.0. The summed E-state index contributed by atoms with van der Waals surface area (Å²) in [6, 6.07) is 0. The fourth-order valence-electron chi connectivity index (χ4n) is 17.3. The van der Waals surface area contributed by atoms with E-state index in [0.717, 1.165) is 19.3 Å². The van der Waals surface area contributed by atoms with Crippen LogP contribution in [0.15, 0.2) is 0 Å². The summed E-state index contributed by atoms with van der Waals surface area (Å²) in [7, 11) is 0. The molecule has 2 unspecified atom stereocenters. The third-order valence-corrected chi connectivity index (χ3v) is 21.5. The van der Waals surface area contributed by atoms with E-state index in [9.17, 15) is 60.7 Å². The van der Waals surface area contributed by atoms with Gasteiger partial charge in [0.1, 0.15) is 54.9 Å². The van der Waals surface area contributed by atoms with E-state index in [1.165, 1.54) is 13.8 Å². The Morgan fingerprint density at radius 2 is 1.26 bits per heavy atom. The average Bonchev–Trinajstić information content (AvgIpc) is 3.71. The number of ether oxygens (including phenoxy) is 9. The van der Waals surface area contributed by atoms with Crippen molar-refractivity contribution in [2.45, 2.75) is 249 Å². The molecule has 0 aromatic rings. The largest absolute Gasteiger partial charge is 0.455 e. The molecule has 26 atom stereocenters. The van der Waals surface area contributed by atoms with Gasteiger partial charge in [0.2, 0.25) is 0 Å². The second-order valence-electron chi connectivity index (χ2n) is 25.5. The van der Waals surface area contributed by atoms with E-state index in [2.05, 4.69) is 41.5 Å². The minimum Gasteiger partial charge on any atom is -0.455 e. The Bertz CT molecular complexity index is 2060. The lowest BCUT2D eigenvalue weighted by Crippen LogP contribution is -2.66. The Balaban J connectivity index is 1.03. The summed E-state index contributed by atoms with van der Waals surface area (Å²) in [6.07, 6.45) is -17.0. The van der Waals surface area contributed by atoms with Gasteiger partial charge in [0.15, 0.2) is 31.1 Å². The van der Waals surface area contributed by atoms with E-state index in [1.807, 2.05) is 0 Å². The van der Waals surface area contributed by atoms with Gasteiger partial charge in [-0.05, 0) is 117 Å². The molecule has 21 heteroatoms. The minimum absolute atomic E-state index is 0.0533. The SMILES string of the molecule is CC(=O)O[C@@H]1[C@@H](OC(C)=O)[C@H](O[C@H]2CC[C@]34C[C@]35CC[C@]3(C)[C@@](C)([C@@]6(C)CC[C@@H](C(C)(C)O[C@@H]7O[C@H](CO)[C@@H](O)[C@H](O)[C@H]7O)O6)C(O)C[C@@]3(C)[C@@H]5C[C@H](O[C@@H]3O[C@H](CO)[C@@H](O)[C@H](O)[C@H]3O)C4C2(C)C)OC[C@H]1O. The Hall–Kier alpha value is -1.74. The Kier molecular flexibility index (Phi) is 14.6. The maximum atomic E-state index is 12.9. The van der Waals surface area contributed by atoms with Crippen LogP contribution >= 0.6 is 0 Å². The molecule has 9 aliphatic rings. The van der Waals surface area contributed by atoms with Gasteiger partial charge in [0.25, 0.3) is 0 Å². The number of carbonyl (C=O) groups excluding carboxylic acids is 2. The summed E-state index contributed by atoms with van der Waals surface area (Å²) in [4.78, 5) is 24.7. The number of aliphatic hydroxyl groups is 10. The summed E-state index contributed by atoms with van der Waals surface area (Å²) in [5.74, 6) is -1.72. The number of hydrogen-bond acceptors (Lipinski definition) is 21. The molecule has 4 heterocycles. The van der Waals surface area contributed by atoms with Crippen LogP contribution in [0.2, 0.25) is 0 Å². The Morgan fingerprint density at radius 3 is 1.86 bits per heavy atom. The van der Waals surface area contributed by atoms with Crippen molar-refractivity contribution in [1.29, 1.82) is 0 Å². The summed E-state index contributed by atoms with van der Waals surface area (Å²) < 4.78 is 56.4. The number of rotatable bonds is 12. The first-order chi connectivity index (χ1) is 33.9. The fraction of sp³-hybridized carbons (Fsp3) is 0.962. The maximum absolute atomic E-state index is 12.9. The van der Waals surface area contributed by atoms with Gasteiger partial charge in [-0.2, -0.15) is 0 Å². The molecule has 0 amide bonds. The lowest BCUT2D eigenvalue weighted by molar-refractivity contribution is -0.341. The van der Waals surface area contributed by atoms with Crippen molar-refractivity contribution in [1.82, 2.24) is 0 Å². The van der Waals surface area contributed by atoms with Crippen molar-refractivity contribution in [2.75, 3.05) is 19.8 Å². The van der Waals surface area contributed by atoms with E-state index in [1.54, 1.807) is 13.8 Å². The van der Waals surface area contributed by atoms with Gasteiger partial charge >= 0.3 is 11.9 Å². The van der Waals surface area contributed by atoms with Gasteiger partial charge in [-0.1, -0.05) is 34.6 Å². The van der Waals surface area contributed by atoms with Crippen LogP contribution in [0, 0.1) is 44.3 Å². The average molecular weight is 1050 g/mol. The first kappa shape index (κ1) is 56.0. The molecule has 0 aromatic carbocycles. The van der Waals surface area contributed by atoms with Crippen LogP contribution in [0.1, 0.15) is 127 Å². The quantitative estimate of drug-likeness (QED) is 0.0914. The summed E-state index contributed by atoms with van der Waals surface area (Å²) in [5, 5.41) is 109. The van der Waals surface area contributed by atoms with Crippen LogP contribution in [0.3, 0.4) is 0 Å². The van der Waals surface area contributed by atoms with Gasteiger partial charge < -0.3 is 93.7 Å². The molecule has 0 bridgehead atoms. The van der Waals surface area contributed by atoms with Gasteiger partial charge in [0.05, 0.1) is 55.4 Å². The van der Waals surface area contributed by atoms with E-state index in [0.29, 0.717) is 38.5 Å². The molecule has 73 heavy (non-hydrogen) atoms. The third kappa shape index (κ3) is 8.25. The predicted octanol–water partition coefficient (Wildman–Crippen LogP) is 0.0800. The van der Waals surface area contributed by atoms with Gasteiger partial charge in [0, 0.05) is 19.3 Å². The zero-order chi connectivity index (χ0) is 53.6. The summed E-state index contributed by atoms with van der Waals surface area (Å²) in [6.45, 7) is 17.4. The smallest absolute Gasteiger partial charge is 0.303 e. The number of hydrogen-bond donors (Lipinski definition) is 10. The lowest BCUT2D eigenvalue weighted by Gasteiger charge is -2.67. The van der Waals surface area contributed by atoms with Crippen molar-refractivity contribution >= 4 is 11.9 Å².